The molecule has 0 amide bonds. The number of anilines is 1. The molecule has 29 heavy (non-hydrogen) atoms. The molecular formula is C22H25N5OS. The number of amidine groups is 1. The van der Waals surface area contributed by atoms with Crippen molar-refractivity contribution in [2.45, 2.75) is 51.1 Å². The van der Waals surface area contributed by atoms with Gasteiger partial charge in [0.25, 0.3) is 0 Å². The average Bonchev–Trinajstić information content (AvgIpc) is 3.34. The minimum atomic E-state index is 0.349. The second-order valence-corrected chi connectivity index (χ2v) is 8.87. The van der Waals surface area contributed by atoms with Gasteiger partial charge in [-0.2, -0.15) is 0 Å². The van der Waals surface area contributed by atoms with Gasteiger partial charge in [0.1, 0.15) is 23.0 Å². The smallest absolute Gasteiger partial charge is 0.184 e. The van der Waals surface area contributed by atoms with E-state index in [0.717, 1.165) is 44.9 Å². The molecule has 1 aliphatic heterocycles. The van der Waals surface area contributed by atoms with Crippen molar-refractivity contribution in [3.05, 3.63) is 42.2 Å². The molecule has 7 heteroatoms. The number of thiazole rings is 1. The molecular weight excluding hydrogens is 382 g/mol. The third kappa shape index (κ3) is 4.19. The number of aromatic nitrogens is 2. The lowest BCUT2D eigenvalue weighted by atomic mass is 9.96. The van der Waals surface area contributed by atoms with Gasteiger partial charge in [0.15, 0.2) is 5.13 Å². The first kappa shape index (κ1) is 18.4. The van der Waals surface area contributed by atoms with E-state index in [2.05, 4.69) is 33.6 Å². The van der Waals surface area contributed by atoms with E-state index in [0.29, 0.717) is 12.1 Å². The van der Waals surface area contributed by atoms with Crippen molar-refractivity contribution in [1.82, 2.24) is 15.3 Å². The lowest BCUT2D eigenvalue weighted by Gasteiger charge is -2.22. The minimum absolute atomic E-state index is 0.349. The van der Waals surface area contributed by atoms with Crippen LogP contribution in [-0.4, -0.2) is 34.4 Å². The van der Waals surface area contributed by atoms with Gasteiger partial charge in [-0.05, 0) is 38.0 Å². The number of pyridine rings is 1. The van der Waals surface area contributed by atoms with Gasteiger partial charge in [0, 0.05) is 30.4 Å². The third-order valence-corrected chi connectivity index (χ3v) is 6.36. The molecule has 1 atom stereocenters. The Bertz CT molecular complexity index is 1040. The highest BCUT2D eigenvalue weighted by Gasteiger charge is 2.17. The predicted molar refractivity (Wildman–Crippen MR) is 118 cm³/mol. The third-order valence-electron chi connectivity index (χ3n) is 5.41. The van der Waals surface area contributed by atoms with Crippen LogP contribution in [0.15, 0.2) is 41.5 Å². The quantitative estimate of drug-likeness (QED) is 0.625. The second kappa shape index (κ2) is 7.99. The molecule has 3 heterocycles. The topological polar surface area (TPSA) is 71.4 Å². The fourth-order valence-corrected chi connectivity index (χ4v) is 4.87. The van der Waals surface area contributed by atoms with E-state index in [1.165, 1.54) is 32.1 Å². The zero-order chi connectivity index (χ0) is 19.6. The molecule has 0 bridgehead atoms. The number of nitrogens with one attached hydrogen (secondary N) is 2. The Morgan fingerprint density at radius 3 is 2.79 bits per heavy atom. The first-order valence-corrected chi connectivity index (χ1v) is 11.2. The lowest BCUT2D eigenvalue weighted by Crippen LogP contribution is -2.28. The summed E-state index contributed by atoms with van der Waals surface area (Å²) in [5.41, 5.74) is 1.82. The van der Waals surface area contributed by atoms with Gasteiger partial charge in [-0.25, -0.2) is 4.98 Å². The highest BCUT2D eigenvalue weighted by molar-refractivity contribution is 7.22. The fourth-order valence-electron chi connectivity index (χ4n) is 3.90. The summed E-state index contributed by atoms with van der Waals surface area (Å²) in [6.45, 7) is 2.89. The summed E-state index contributed by atoms with van der Waals surface area (Å²) in [7, 11) is 0. The number of benzene rings is 1. The van der Waals surface area contributed by atoms with Gasteiger partial charge in [-0.15, -0.1) is 0 Å². The van der Waals surface area contributed by atoms with Crippen molar-refractivity contribution < 1.29 is 4.74 Å². The highest BCUT2D eigenvalue weighted by Crippen LogP contribution is 2.32. The van der Waals surface area contributed by atoms with Crippen LogP contribution in [0.25, 0.3) is 10.2 Å². The second-order valence-electron chi connectivity index (χ2n) is 7.84. The van der Waals surface area contributed by atoms with Crippen LogP contribution in [0.1, 0.15) is 44.7 Å². The zero-order valence-corrected chi connectivity index (χ0v) is 17.3. The SMILES string of the molecule is CC1CN=C(c2cc(Oc3ccc4nc(NC5CCCCC5)sc4c3)ccn2)N1. The number of hydrogen-bond acceptors (Lipinski definition) is 7. The van der Waals surface area contributed by atoms with Crippen molar-refractivity contribution in [2.24, 2.45) is 4.99 Å². The largest absolute Gasteiger partial charge is 0.457 e. The molecule has 2 aromatic heterocycles. The maximum absolute atomic E-state index is 6.11. The molecule has 1 fully saturated rings. The number of rotatable bonds is 5. The summed E-state index contributed by atoms with van der Waals surface area (Å²) in [4.78, 5) is 13.7. The molecule has 3 aromatic rings. The van der Waals surface area contributed by atoms with Crippen molar-refractivity contribution in [3.63, 3.8) is 0 Å². The van der Waals surface area contributed by atoms with Crippen molar-refractivity contribution >= 4 is 32.5 Å². The summed E-state index contributed by atoms with van der Waals surface area (Å²) >= 11 is 1.70. The zero-order valence-electron chi connectivity index (χ0n) is 16.5. The van der Waals surface area contributed by atoms with E-state index in [1.807, 2.05) is 24.3 Å². The Hall–Kier alpha value is -2.67. The molecule has 0 radical (unpaired) electrons. The lowest BCUT2D eigenvalue weighted by molar-refractivity contribution is 0.462. The maximum Gasteiger partial charge on any atom is 0.184 e. The summed E-state index contributed by atoms with van der Waals surface area (Å²) in [6, 6.07) is 10.8. The molecule has 6 nitrogen and oxygen atoms in total. The minimum Gasteiger partial charge on any atom is -0.457 e. The van der Waals surface area contributed by atoms with Crippen molar-refractivity contribution in [2.75, 3.05) is 11.9 Å². The van der Waals surface area contributed by atoms with Crippen LogP contribution >= 0.6 is 11.3 Å². The molecule has 1 aliphatic carbocycles. The van der Waals surface area contributed by atoms with Crippen LogP contribution < -0.4 is 15.4 Å². The van der Waals surface area contributed by atoms with Gasteiger partial charge >= 0.3 is 0 Å². The maximum atomic E-state index is 6.11. The van der Waals surface area contributed by atoms with Gasteiger partial charge in [0.05, 0.1) is 16.8 Å². The Morgan fingerprint density at radius 2 is 1.97 bits per heavy atom. The molecule has 2 aliphatic rings. The molecule has 1 saturated carbocycles. The van der Waals surface area contributed by atoms with Crippen LogP contribution in [0.2, 0.25) is 0 Å². The molecule has 5 rings (SSSR count). The normalized spacial score (nSPS) is 19.8. The van der Waals surface area contributed by atoms with E-state index >= 15 is 0 Å². The van der Waals surface area contributed by atoms with Crippen LogP contribution in [0, 0.1) is 0 Å². The van der Waals surface area contributed by atoms with E-state index < -0.39 is 0 Å². The molecule has 0 spiro atoms. The van der Waals surface area contributed by atoms with Crippen LogP contribution in [0.4, 0.5) is 5.13 Å². The fraction of sp³-hybridized carbons (Fsp3) is 0.409. The van der Waals surface area contributed by atoms with E-state index in [-0.39, 0.29) is 0 Å². The average molecular weight is 408 g/mol. The molecule has 2 N–H and O–H groups in total. The van der Waals surface area contributed by atoms with Gasteiger partial charge in [0.2, 0.25) is 0 Å². The Balaban J connectivity index is 1.32. The number of hydrogen-bond donors (Lipinski definition) is 2. The van der Waals surface area contributed by atoms with Gasteiger partial charge < -0.3 is 15.4 Å². The first-order valence-electron chi connectivity index (χ1n) is 10.4. The molecule has 0 saturated heterocycles. The van der Waals surface area contributed by atoms with Crippen LogP contribution in [0.5, 0.6) is 11.5 Å². The highest BCUT2D eigenvalue weighted by atomic mass is 32.1. The van der Waals surface area contributed by atoms with E-state index in [1.54, 1.807) is 17.5 Å². The Labute approximate surface area is 174 Å². The summed E-state index contributed by atoms with van der Waals surface area (Å²) in [6.07, 6.45) is 8.24. The van der Waals surface area contributed by atoms with Gasteiger partial charge in [-0.1, -0.05) is 30.6 Å². The number of fused-ring (bicyclic) bond motifs is 1. The van der Waals surface area contributed by atoms with Crippen LogP contribution in [0.3, 0.4) is 0 Å². The molecule has 1 unspecified atom stereocenters. The molecule has 1 aromatic carbocycles. The summed E-state index contributed by atoms with van der Waals surface area (Å²) in [5, 5.41) is 7.97. The van der Waals surface area contributed by atoms with Crippen molar-refractivity contribution in [3.8, 4) is 11.5 Å². The summed E-state index contributed by atoms with van der Waals surface area (Å²) in [5.74, 6) is 2.39. The monoisotopic (exact) mass is 407 g/mol. The molecule has 150 valence electrons. The number of aliphatic imine (C=N–C) groups is 1. The first-order chi connectivity index (χ1) is 14.2. The van der Waals surface area contributed by atoms with Crippen LogP contribution in [-0.2, 0) is 0 Å². The Kier molecular flexibility index (Phi) is 5.06. The standard InChI is InChI=1S/C22H25N5OS/c1-14-13-24-21(25-14)19-11-17(9-10-23-19)28-16-7-8-18-20(12-16)29-22(27-18)26-15-5-3-2-4-6-15/h7-12,14-15H,2-6,13H2,1H3,(H,24,25)(H,26,27). The predicted octanol–water partition coefficient (Wildman–Crippen LogP) is 4.97. The van der Waals surface area contributed by atoms with Gasteiger partial charge in [-0.3, -0.25) is 9.98 Å². The summed E-state index contributed by atoms with van der Waals surface area (Å²) < 4.78 is 7.24. The number of ether oxygens (including phenoxy) is 1. The van der Waals surface area contributed by atoms with Crippen molar-refractivity contribution in [1.29, 1.82) is 0 Å². The Morgan fingerprint density at radius 1 is 1.10 bits per heavy atom. The number of nitrogens with zero attached hydrogens (tertiary/aromatic N) is 3. The van der Waals surface area contributed by atoms with E-state index in [9.17, 15) is 0 Å². The van der Waals surface area contributed by atoms with E-state index in [4.69, 9.17) is 9.72 Å².